The van der Waals surface area contributed by atoms with Crippen molar-refractivity contribution < 1.29 is 14.3 Å². The molecule has 6 heteroatoms. The number of hydrogen-bond donors (Lipinski definition) is 2. The van der Waals surface area contributed by atoms with Gasteiger partial charge >= 0.3 is 6.03 Å². The Bertz CT molecular complexity index is 706. The van der Waals surface area contributed by atoms with Crippen LogP contribution in [0.3, 0.4) is 0 Å². The number of carbonyl (C=O) groups excluding carboxylic acids is 1. The number of fused-ring (bicyclic) bond motifs is 1. The lowest BCUT2D eigenvalue weighted by atomic mass is 10.1. The largest absolute Gasteiger partial charge is 0.454 e. The summed E-state index contributed by atoms with van der Waals surface area (Å²) >= 11 is 6.12. The summed E-state index contributed by atoms with van der Waals surface area (Å²) in [6.45, 7) is 2.08. The van der Waals surface area contributed by atoms with Crippen molar-refractivity contribution >= 4 is 23.3 Å². The zero-order valence-corrected chi connectivity index (χ0v) is 12.7. The maximum absolute atomic E-state index is 12.1. The van der Waals surface area contributed by atoms with E-state index in [1.54, 1.807) is 24.3 Å². The van der Waals surface area contributed by atoms with Gasteiger partial charge < -0.3 is 20.1 Å². The van der Waals surface area contributed by atoms with E-state index in [9.17, 15) is 4.79 Å². The maximum atomic E-state index is 12.1. The third kappa shape index (κ3) is 3.09. The molecule has 0 fully saturated rings. The van der Waals surface area contributed by atoms with Crippen molar-refractivity contribution in [2.45, 2.75) is 13.0 Å². The number of hydrogen-bond acceptors (Lipinski definition) is 3. The van der Waals surface area contributed by atoms with Gasteiger partial charge in [-0.2, -0.15) is 0 Å². The first-order chi connectivity index (χ1) is 10.6. The molecular weight excluding hydrogens is 304 g/mol. The third-order valence-electron chi connectivity index (χ3n) is 3.35. The lowest BCUT2D eigenvalue weighted by molar-refractivity contribution is 0.174. The first-order valence-corrected chi connectivity index (χ1v) is 7.23. The van der Waals surface area contributed by atoms with Crippen LogP contribution >= 0.6 is 11.6 Å². The molecule has 1 aliphatic heterocycles. The van der Waals surface area contributed by atoms with Crippen molar-refractivity contribution in [3.05, 3.63) is 53.1 Å². The van der Waals surface area contributed by atoms with Crippen molar-refractivity contribution in [2.75, 3.05) is 12.1 Å². The Morgan fingerprint density at radius 1 is 1.18 bits per heavy atom. The molecule has 0 bridgehead atoms. The second-order valence-corrected chi connectivity index (χ2v) is 5.32. The van der Waals surface area contributed by atoms with E-state index >= 15 is 0 Å². The molecule has 1 aliphatic rings. The molecule has 1 unspecified atom stereocenters. The molecular formula is C16H15ClN2O3. The SMILES string of the molecule is CC(NC(=O)Nc1ccc2c(c1)OCO2)c1ccccc1Cl. The first kappa shape index (κ1) is 14.5. The minimum absolute atomic E-state index is 0.203. The predicted molar refractivity (Wildman–Crippen MR) is 84.6 cm³/mol. The summed E-state index contributed by atoms with van der Waals surface area (Å²) < 4.78 is 10.5. The molecule has 0 aliphatic carbocycles. The Kier molecular flexibility index (Phi) is 4.06. The van der Waals surface area contributed by atoms with Crippen LogP contribution in [0.25, 0.3) is 0 Å². The summed E-state index contributed by atoms with van der Waals surface area (Å²) in [7, 11) is 0. The highest BCUT2D eigenvalue weighted by Crippen LogP contribution is 2.34. The lowest BCUT2D eigenvalue weighted by Crippen LogP contribution is -2.31. The molecule has 0 saturated carbocycles. The fourth-order valence-corrected chi connectivity index (χ4v) is 2.54. The van der Waals surface area contributed by atoms with Gasteiger partial charge in [-0.3, -0.25) is 0 Å². The Morgan fingerprint density at radius 3 is 2.77 bits per heavy atom. The van der Waals surface area contributed by atoms with Crippen molar-refractivity contribution in [3.63, 3.8) is 0 Å². The standard InChI is InChI=1S/C16H15ClN2O3/c1-10(12-4-2-3-5-13(12)17)18-16(20)19-11-6-7-14-15(8-11)22-9-21-14/h2-8,10H,9H2,1H3,(H2,18,19,20). The van der Waals surface area contributed by atoms with E-state index < -0.39 is 0 Å². The van der Waals surface area contributed by atoms with Crippen LogP contribution in [0.2, 0.25) is 5.02 Å². The van der Waals surface area contributed by atoms with E-state index in [4.69, 9.17) is 21.1 Å². The molecule has 114 valence electrons. The minimum Gasteiger partial charge on any atom is -0.454 e. The van der Waals surface area contributed by atoms with Crippen molar-refractivity contribution in [1.29, 1.82) is 0 Å². The number of anilines is 1. The lowest BCUT2D eigenvalue weighted by Gasteiger charge is -2.16. The summed E-state index contributed by atoms with van der Waals surface area (Å²) in [4.78, 5) is 12.1. The predicted octanol–water partition coefficient (Wildman–Crippen LogP) is 3.95. The number of amides is 2. The second-order valence-electron chi connectivity index (χ2n) is 4.91. The highest BCUT2D eigenvalue weighted by Gasteiger charge is 2.15. The zero-order chi connectivity index (χ0) is 15.5. The van der Waals surface area contributed by atoms with E-state index in [0.29, 0.717) is 22.2 Å². The number of benzene rings is 2. The first-order valence-electron chi connectivity index (χ1n) is 6.85. The molecule has 22 heavy (non-hydrogen) atoms. The summed E-state index contributed by atoms with van der Waals surface area (Å²) in [5.41, 5.74) is 1.50. The van der Waals surface area contributed by atoms with Crippen LogP contribution in [0.15, 0.2) is 42.5 Å². The smallest absolute Gasteiger partial charge is 0.319 e. The van der Waals surface area contributed by atoms with Crippen molar-refractivity contribution in [2.24, 2.45) is 0 Å². The minimum atomic E-state index is -0.314. The summed E-state index contributed by atoms with van der Waals surface area (Å²) in [6, 6.07) is 12.1. The van der Waals surface area contributed by atoms with E-state index in [1.807, 2.05) is 25.1 Å². The third-order valence-corrected chi connectivity index (χ3v) is 3.69. The molecule has 0 aromatic heterocycles. The highest BCUT2D eigenvalue weighted by atomic mass is 35.5. The molecule has 2 aromatic carbocycles. The number of rotatable bonds is 3. The molecule has 1 atom stereocenters. The highest BCUT2D eigenvalue weighted by molar-refractivity contribution is 6.31. The molecule has 0 saturated heterocycles. The molecule has 0 radical (unpaired) electrons. The van der Waals surface area contributed by atoms with Gasteiger partial charge in [0.15, 0.2) is 11.5 Å². The Morgan fingerprint density at radius 2 is 1.95 bits per heavy atom. The van der Waals surface area contributed by atoms with Crippen LogP contribution in [-0.4, -0.2) is 12.8 Å². The van der Waals surface area contributed by atoms with Crippen LogP contribution in [-0.2, 0) is 0 Å². The van der Waals surface area contributed by atoms with Crippen molar-refractivity contribution in [3.8, 4) is 11.5 Å². The van der Waals surface area contributed by atoms with Gasteiger partial charge in [-0.05, 0) is 30.7 Å². The quantitative estimate of drug-likeness (QED) is 0.900. The number of carbonyl (C=O) groups is 1. The van der Waals surface area contributed by atoms with E-state index in [2.05, 4.69) is 10.6 Å². The van der Waals surface area contributed by atoms with Gasteiger partial charge in [-0.1, -0.05) is 29.8 Å². The van der Waals surface area contributed by atoms with Gasteiger partial charge in [0.05, 0.1) is 6.04 Å². The number of ether oxygens (including phenoxy) is 2. The summed E-state index contributed by atoms with van der Waals surface area (Å²) in [5, 5.41) is 6.23. The number of halogens is 1. The van der Waals surface area contributed by atoms with E-state index in [0.717, 1.165) is 5.56 Å². The van der Waals surface area contributed by atoms with Gasteiger partial charge in [0.2, 0.25) is 6.79 Å². The fraction of sp³-hybridized carbons (Fsp3) is 0.188. The summed E-state index contributed by atoms with van der Waals surface area (Å²) in [6.07, 6.45) is 0. The van der Waals surface area contributed by atoms with E-state index in [-0.39, 0.29) is 18.9 Å². The van der Waals surface area contributed by atoms with Crippen LogP contribution in [0.1, 0.15) is 18.5 Å². The molecule has 2 amide bonds. The molecule has 0 spiro atoms. The summed E-state index contributed by atoms with van der Waals surface area (Å²) in [5.74, 6) is 1.30. The number of nitrogens with one attached hydrogen (secondary N) is 2. The van der Waals surface area contributed by atoms with Crippen LogP contribution in [0.4, 0.5) is 10.5 Å². The van der Waals surface area contributed by atoms with Crippen molar-refractivity contribution in [1.82, 2.24) is 5.32 Å². The molecule has 1 heterocycles. The van der Waals surface area contributed by atoms with Gasteiger partial charge in [0.25, 0.3) is 0 Å². The van der Waals surface area contributed by atoms with Gasteiger partial charge in [-0.25, -0.2) is 4.79 Å². The molecule has 3 rings (SSSR count). The second kappa shape index (κ2) is 6.15. The average Bonchev–Trinajstić information content (AvgIpc) is 2.95. The average molecular weight is 319 g/mol. The topological polar surface area (TPSA) is 59.6 Å². The Hall–Kier alpha value is -2.40. The maximum Gasteiger partial charge on any atom is 0.319 e. The molecule has 5 nitrogen and oxygen atoms in total. The molecule has 2 aromatic rings. The van der Waals surface area contributed by atoms with Gasteiger partial charge in [-0.15, -0.1) is 0 Å². The van der Waals surface area contributed by atoms with Gasteiger partial charge in [0.1, 0.15) is 0 Å². The molecule has 2 N–H and O–H groups in total. The Balaban J connectivity index is 1.64. The fourth-order valence-electron chi connectivity index (χ4n) is 2.24. The van der Waals surface area contributed by atoms with E-state index in [1.165, 1.54) is 0 Å². The van der Waals surface area contributed by atoms with Crippen LogP contribution in [0, 0.1) is 0 Å². The number of urea groups is 1. The normalized spacial score (nSPS) is 13.5. The van der Waals surface area contributed by atoms with Gasteiger partial charge in [0, 0.05) is 16.8 Å². The van der Waals surface area contributed by atoms with Crippen LogP contribution < -0.4 is 20.1 Å². The monoisotopic (exact) mass is 318 g/mol. The zero-order valence-electron chi connectivity index (χ0n) is 11.9. The Labute approximate surface area is 133 Å². The van der Waals surface area contributed by atoms with Crippen LogP contribution in [0.5, 0.6) is 11.5 Å².